The molecule has 0 amide bonds. The second-order valence-corrected chi connectivity index (χ2v) is 7.47. The maximum Gasteiger partial charge on any atom is 0.252 e. The lowest BCUT2D eigenvalue weighted by molar-refractivity contribution is 0.240. The van der Waals surface area contributed by atoms with Crippen molar-refractivity contribution in [3.63, 3.8) is 0 Å². The average Bonchev–Trinajstić information content (AvgIpc) is 2.94. The van der Waals surface area contributed by atoms with Crippen LogP contribution in [0.15, 0.2) is 18.2 Å². The Morgan fingerprint density at radius 2 is 2.09 bits per heavy atom. The van der Waals surface area contributed by atoms with E-state index in [0.717, 1.165) is 22.3 Å². The monoisotopic (exact) mass is 353 g/mol. The summed E-state index contributed by atoms with van der Waals surface area (Å²) < 4.78 is 5.28. The Morgan fingerprint density at radius 3 is 2.77 bits per heavy atom. The molecule has 8 heteroatoms. The summed E-state index contributed by atoms with van der Waals surface area (Å²) in [6, 6.07) is 6.00. The molecule has 3 aromatic rings. The van der Waals surface area contributed by atoms with E-state index in [2.05, 4.69) is 14.9 Å². The van der Waals surface area contributed by atoms with Crippen molar-refractivity contribution in [2.75, 3.05) is 7.05 Å². The van der Waals surface area contributed by atoms with Gasteiger partial charge in [0.25, 0.3) is 5.78 Å². The Bertz CT molecular complexity index is 879. The van der Waals surface area contributed by atoms with E-state index in [0.29, 0.717) is 17.2 Å². The molecular formula is C14H16ClN5S2. The van der Waals surface area contributed by atoms with E-state index in [1.807, 2.05) is 48.3 Å². The minimum absolute atomic E-state index is 0.539. The highest BCUT2D eigenvalue weighted by Crippen LogP contribution is 2.22. The molecule has 0 atom stereocenters. The fourth-order valence-corrected chi connectivity index (χ4v) is 3.85. The Kier molecular flexibility index (Phi) is 4.31. The van der Waals surface area contributed by atoms with Gasteiger partial charge in [-0.25, -0.2) is 14.2 Å². The minimum Gasteiger partial charge on any atom is -0.282 e. The number of halogens is 1. The molecule has 0 saturated carbocycles. The van der Waals surface area contributed by atoms with Gasteiger partial charge in [-0.15, -0.1) is 11.3 Å². The van der Waals surface area contributed by atoms with E-state index >= 15 is 0 Å². The van der Waals surface area contributed by atoms with Crippen molar-refractivity contribution in [2.24, 2.45) is 0 Å². The molecule has 0 radical (unpaired) electrons. The van der Waals surface area contributed by atoms with Crippen molar-refractivity contribution >= 4 is 40.9 Å². The predicted molar refractivity (Wildman–Crippen MR) is 92.1 cm³/mol. The van der Waals surface area contributed by atoms with Crippen LogP contribution in [0.3, 0.4) is 0 Å². The van der Waals surface area contributed by atoms with Gasteiger partial charge in [-0.2, -0.15) is 4.98 Å². The van der Waals surface area contributed by atoms with Crippen LogP contribution in [0.5, 0.6) is 0 Å². The number of thiophene rings is 1. The van der Waals surface area contributed by atoms with Crippen LogP contribution in [-0.4, -0.2) is 31.1 Å². The van der Waals surface area contributed by atoms with E-state index in [9.17, 15) is 0 Å². The molecule has 5 nitrogen and oxygen atoms in total. The third kappa shape index (κ3) is 3.08. The molecule has 3 rings (SSSR count). The van der Waals surface area contributed by atoms with Crippen LogP contribution in [0.25, 0.3) is 5.78 Å². The summed E-state index contributed by atoms with van der Waals surface area (Å²) in [5, 5.41) is 0. The first-order valence-corrected chi connectivity index (χ1v) is 8.41. The fourth-order valence-electron chi connectivity index (χ4n) is 2.46. The van der Waals surface area contributed by atoms with Gasteiger partial charge in [-0.3, -0.25) is 4.90 Å². The summed E-state index contributed by atoms with van der Waals surface area (Å²) in [7, 11) is 2.05. The Labute approximate surface area is 142 Å². The number of fused-ring (bicyclic) bond motifs is 1. The van der Waals surface area contributed by atoms with E-state index in [1.54, 1.807) is 11.3 Å². The highest BCUT2D eigenvalue weighted by Gasteiger charge is 2.11. The van der Waals surface area contributed by atoms with Crippen molar-refractivity contribution < 1.29 is 0 Å². The Morgan fingerprint density at radius 1 is 1.32 bits per heavy atom. The molecule has 0 aliphatic rings. The van der Waals surface area contributed by atoms with Gasteiger partial charge in [0.15, 0.2) is 0 Å². The second kappa shape index (κ2) is 6.08. The summed E-state index contributed by atoms with van der Waals surface area (Å²) in [4.78, 5) is 12.2. The lowest BCUT2D eigenvalue weighted by atomic mass is 10.4. The Hall–Kier alpha value is -1.28. The minimum atomic E-state index is 0.539. The highest BCUT2D eigenvalue weighted by molar-refractivity contribution is 7.71. The number of nitrogens with zero attached hydrogens (tertiary/aromatic N) is 5. The van der Waals surface area contributed by atoms with Crippen molar-refractivity contribution in [1.82, 2.24) is 24.1 Å². The fraction of sp³-hybridized carbons (Fsp3) is 0.357. The van der Waals surface area contributed by atoms with E-state index in [1.165, 1.54) is 4.88 Å². The average molecular weight is 354 g/mol. The third-order valence-corrected chi connectivity index (χ3v) is 4.82. The second-order valence-electron chi connectivity index (χ2n) is 5.31. The molecule has 0 fully saturated rings. The molecule has 0 aliphatic heterocycles. The maximum absolute atomic E-state index is 5.98. The number of hydrogen-bond acceptors (Lipinski definition) is 5. The van der Waals surface area contributed by atoms with Gasteiger partial charge in [0.05, 0.1) is 11.0 Å². The van der Waals surface area contributed by atoms with Gasteiger partial charge in [0, 0.05) is 22.8 Å². The molecule has 3 heterocycles. The molecule has 0 aliphatic carbocycles. The predicted octanol–water partition coefficient (Wildman–Crippen LogP) is 3.68. The summed E-state index contributed by atoms with van der Waals surface area (Å²) >= 11 is 13.0. The van der Waals surface area contributed by atoms with Gasteiger partial charge >= 0.3 is 0 Å². The zero-order valence-electron chi connectivity index (χ0n) is 12.6. The van der Waals surface area contributed by atoms with E-state index in [4.69, 9.17) is 23.8 Å². The van der Waals surface area contributed by atoms with E-state index in [-0.39, 0.29) is 0 Å². The molecule has 0 saturated heterocycles. The molecule has 0 unspecified atom stereocenters. The lowest BCUT2D eigenvalue weighted by Gasteiger charge is -2.17. The lowest BCUT2D eigenvalue weighted by Crippen LogP contribution is -2.24. The zero-order chi connectivity index (χ0) is 15.9. The Balaban J connectivity index is 1.90. The largest absolute Gasteiger partial charge is 0.282 e. The summed E-state index contributed by atoms with van der Waals surface area (Å²) in [6.07, 6.45) is 0. The van der Waals surface area contributed by atoms with Crippen molar-refractivity contribution in [3.05, 3.63) is 43.6 Å². The standard InChI is InChI=1S/C14H16ClN5S2/c1-9-6-10(2)20-13(16-9)17-14(21)19(20)8-18(3)7-11-4-5-12(15)22-11/h4-6H,7-8H2,1-3H3. The van der Waals surface area contributed by atoms with Gasteiger partial charge in [0.2, 0.25) is 4.77 Å². The van der Waals surface area contributed by atoms with E-state index < -0.39 is 0 Å². The van der Waals surface area contributed by atoms with Gasteiger partial charge in [0.1, 0.15) is 0 Å². The molecule has 0 bridgehead atoms. The van der Waals surface area contributed by atoms with Crippen LogP contribution in [0.1, 0.15) is 16.3 Å². The van der Waals surface area contributed by atoms with Crippen LogP contribution < -0.4 is 0 Å². The van der Waals surface area contributed by atoms with Gasteiger partial charge in [-0.05, 0) is 51.3 Å². The number of aryl methyl sites for hydroxylation is 2. The number of aromatic nitrogens is 4. The normalized spacial score (nSPS) is 11.7. The smallest absolute Gasteiger partial charge is 0.252 e. The summed E-state index contributed by atoms with van der Waals surface area (Å²) in [5.41, 5.74) is 2.01. The van der Waals surface area contributed by atoms with Crippen LogP contribution >= 0.6 is 35.2 Å². The van der Waals surface area contributed by atoms with Crippen LogP contribution in [0.2, 0.25) is 4.34 Å². The molecule has 3 aromatic heterocycles. The zero-order valence-corrected chi connectivity index (χ0v) is 15.0. The molecule has 0 aromatic carbocycles. The van der Waals surface area contributed by atoms with Crippen LogP contribution in [-0.2, 0) is 13.2 Å². The van der Waals surface area contributed by atoms with Crippen molar-refractivity contribution in [2.45, 2.75) is 27.1 Å². The van der Waals surface area contributed by atoms with Crippen LogP contribution in [0, 0.1) is 18.6 Å². The first kappa shape index (κ1) is 15.6. The number of hydrogen-bond donors (Lipinski definition) is 0. The molecule has 22 heavy (non-hydrogen) atoms. The molecule has 0 spiro atoms. The molecule has 0 N–H and O–H groups in total. The topological polar surface area (TPSA) is 38.4 Å². The maximum atomic E-state index is 5.98. The van der Waals surface area contributed by atoms with Gasteiger partial charge in [-0.1, -0.05) is 11.6 Å². The van der Waals surface area contributed by atoms with Crippen LogP contribution in [0.4, 0.5) is 0 Å². The number of rotatable bonds is 4. The summed E-state index contributed by atoms with van der Waals surface area (Å²) in [6.45, 7) is 5.45. The quantitative estimate of drug-likeness (QED) is 0.671. The van der Waals surface area contributed by atoms with Crippen molar-refractivity contribution in [1.29, 1.82) is 0 Å². The molecule has 116 valence electrons. The first-order chi connectivity index (χ1) is 10.4. The summed E-state index contributed by atoms with van der Waals surface area (Å²) in [5.74, 6) is 0.648. The molecular weight excluding hydrogens is 338 g/mol. The third-order valence-electron chi connectivity index (χ3n) is 3.31. The first-order valence-electron chi connectivity index (χ1n) is 6.80. The SMILES string of the molecule is Cc1cc(C)n2c(n1)nc(=S)n2CN(C)Cc1ccc(Cl)s1. The van der Waals surface area contributed by atoms with Gasteiger partial charge < -0.3 is 0 Å². The highest BCUT2D eigenvalue weighted by atomic mass is 35.5. The van der Waals surface area contributed by atoms with Crippen molar-refractivity contribution in [3.8, 4) is 0 Å².